The van der Waals surface area contributed by atoms with E-state index in [2.05, 4.69) is 4.98 Å². The van der Waals surface area contributed by atoms with E-state index in [9.17, 15) is 0 Å². The third-order valence-electron chi connectivity index (χ3n) is 3.05. The molecule has 0 aliphatic carbocycles. The zero-order valence-electron chi connectivity index (χ0n) is 10.2. The van der Waals surface area contributed by atoms with Crippen molar-refractivity contribution in [2.45, 2.75) is 6.54 Å². The fourth-order valence-electron chi connectivity index (χ4n) is 2.13. The van der Waals surface area contributed by atoms with Crippen LogP contribution in [0.2, 0.25) is 5.02 Å². The summed E-state index contributed by atoms with van der Waals surface area (Å²) in [6, 6.07) is 13.5. The molecular weight excluding hydrogens is 258 g/mol. The molecule has 0 saturated heterocycles. The molecule has 0 bridgehead atoms. The number of hydrogen-bond acceptors (Lipinski definition) is 2. The van der Waals surface area contributed by atoms with Crippen LogP contribution in [0.15, 0.2) is 54.9 Å². The second-order valence-electron chi connectivity index (χ2n) is 4.35. The lowest BCUT2D eigenvalue weighted by Gasteiger charge is -2.09. The van der Waals surface area contributed by atoms with Crippen molar-refractivity contribution in [2.75, 3.05) is 0 Å². The topological polar surface area (TPSA) is 41.7 Å². The molecule has 19 heavy (non-hydrogen) atoms. The van der Waals surface area contributed by atoms with Crippen LogP contribution in [0.4, 0.5) is 0 Å². The molecule has 0 aliphatic rings. The Labute approximate surface area is 115 Å². The number of pyridine rings is 2. The number of nitrogens with one attached hydrogen (secondary N) is 1. The lowest BCUT2D eigenvalue weighted by Crippen LogP contribution is -2.19. The Kier molecular flexibility index (Phi) is 3.05. The van der Waals surface area contributed by atoms with Crippen LogP contribution in [0, 0.1) is 5.41 Å². The summed E-state index contributed by atoms with van der Waals surface area (Å²) in [6.45, 7) is 0.591. The number of para-hydroxylation sites is 1. The van der Waals surface area contributed by atoms with Gasteiger partial charge in [0, 0.05) is 17.8 Å². The molecule has 2 aromatic heterocycles. The van der Waals surface area contributed by atoms with Gasteiger partial charge in [0.2, 0.25) is 0 Å². The number of nitrogens with zero attached hydrogens (tertiary/aromatic N) is 2. The standard InChI is InChI=1S/C15H12ClN3/c16-13-6-7-14(17)19(10-13)9-12-4-1-3-11-5-2-8-18-15(11)12/h1-8,10,17H,9H2. The lowest BCUT2D eigenvalue weighted by atomic mass is 10.1. The van der Waals surface area contributed by atoms with Gasteiger partial charge in [0.25, 0.3) is 0 Å². The molecule has 4 heteroatoms. The Morgan fingerprint density at radius 1 is 1.11 bits per heavy atom. The van der Waals surface area contributed by atoms with E-state index in [1.165, 1.54) is 0 Å². The average Bonchev–Trinajstić information content (AvgIpc) is 2.43. The molecule has 0 unspecified atom stereocenters. The molecule has 1 aromatic carbocycles. The van der Waals surface area contributed by atoms with Gasteiger partial charge in [0.15, 0.2) is 0 Å². The van der Waals surface area contributed by atoms with Crippen LogP contribution in [-0.2, 0) is 6.54 Å². The summed E-state index contributed by atoms with van der Waals surface area (Å²) in [5, 5.41) is 9.64. The van der Waals surface area contributed by atoms with Crippen LogP contribution >= 0.6 is 11.6 Å². The van der Waals surface area contributed by atoms with Crippen LogP contribution < -0.4 is 5.49 Å². The van der Waals surface area contributed by atoms with Crippen LogP contribution in [-0.4, -0.2) is 9.55 Å². The SMILES string of the molecule is N=c1ccc(Cl)cn1Cc1cccc2cccnc12. The molecule has 2 heterocycles. The van der Waals surface area contributed by atoms with E-state index in [1.54, 1.807) is 24.5 Å². The molecule has 3 nitrogen and oxygen atoms in total. The fraction of sp³-hybridized carbons (Fsp3) is 0.0667. The molecule has 0 saturated carbocycles. The molecule has 3 rings (SSSR count). The van der Waals surface area contributed by atoms with E-state index in [-0.39, 0.29) is 0 Å². The summed E-state index contributed by atoms with van der Waals surface area (Å²) >= 11 is 5.98. The van der Waals surface area contributed by atoms with Crippen LogP contribution in [0.3, 0.4) is 0 Å². The number of fused-ring (bicyclic) bond motifs is 1. The van der Waals surface area contributed by atoms with Gasteiger partial charge in [0.1, 0.15) is 5.49 Å². The minimum atomic E-state index is 0.428. The summed E-state index contributed by atoms with van der Waals surface area (Å²) in [5.41, 5.74) is 2.48. The van der Waals surface area contributed by atoms with Gasteiger partial charge in [-0.25, -0.2) is 0 Å². The van der Waals surface area contributed by atoms with Crippen molar-refractivity contribution in [1.29, 1.82) is 5.41 Å². The van der Waals surface area contributed by atoms with Gasteiger partial charge in [-0.05, 0) is 23.8 Å². The minimum Gasteiger partial charge on any atom is -0.328 e. The number of benzene rings is 1. The van der Waals surface area contributed by atoms with Crippen molar-refractivity contribution < 1.29 is 0 Å². The first-order valence-electron chi connectivity index (χ1n) is 5.97. The van der Waals surface area contributed by atoms with Gasteiger partial charge in [-0.15, -0.1) is 0 Å². The van der Waals surface area contributed by atoms with Crippen molar-refractivity contribution in [3.63, 3.8) is 0 Å². The molecule has 0 spiro atoms. The first-order chi connectivity index (χ1) is 9.24. The van der Waals surface area contributed by atoms with Crippen LogP contribution in [0.25, 0.3) is 10.9 Å². The number of halogens is 1. The van der Waals surface area contributed by atoms with E-state index >= 15 is 0 Å². The van der Waals surface area contributed by atoms with Gasteiger partial charge in [-0.2, -0.15) is 0 Å². The Bertz CT molecular complexity index is 787. The predicted octanol–water partition coefficient (Wildman–Crippen LogP) is 3.22. The molecule has 0 radical (unpaired) electrons. The lowest BCUT2D eigenvalue weighted by molar-refractivity contribution is 0.734. The van der Waals surface area contributed by atoms with E-state index in [1.807, 2.05) is 34.9 Å². The molecule has 0 fully saturated rings. The van der Waals surface area contributed by atoms with Crippen molar-refractivity contribution in [3.8, 4) is 0 Å². The van der Waals surface area contributed by atoms with Crippen molar-refractivity contribution >= 4 is 22.5 Å². The minimum absolute atomic E-state index is 0.428. The summed E-state index contributed by atoms with van der Waals surface area (Å²) in [4.78, 5) is 4.42. The summed E-state index contributed by atoms with van der Waals surface area (Å²) in [5.74, 6) is 0. The van der Waals surface area contributed by atoms with Crippen LogP contribution in [0.5, 0.6) is 0 Å². The van der Waals surface area contributed by atoms with Gasteiger partial charge in [-0.1, -0.05) is 35.9 Å². The smallest absolute Gasteiger partial charge is 0.125 e. The average molecular weight is 270 g/mol. The Morgan fingerprint density at radius 3 is 2.84 bits per heavy atom. The van der Waals surface area contributed by atoms with Gasteiger partial charge in [-0.3, -0.25) is 10.4 Å². The molecule has 94 valence electrons. The zero-order valence-corrected chi connectivity index (χ0v) is 10.9. The summed E-state index contributed by atoms with van der Waals surface area (Å²) in [6.07, 6.45) is 3.56. The highest BCUT2D eigenvalue weighted by atomic mass is 35.5. The first-order valence-corrected chi connectivity index (χ1v) is 6.35. The van der Waals surface area contributed by atoms with Crippen molar-refractivity contribution in [1.82, 2.24) is 9.55 Å². The Hall–Kier alpha value is -2.13. The van der Waals surface area contributed by atoms with Gasteiger partial charge in [0.05, 0.1) is 17.1 Å². The van der Waals surface area contributed by atoms with E-state index in [0.29, 0.717) is 17.1 Å². The number of aromatic nitrogens is 2. The largest absolute Gasteiger partial charge is 0.328 e. The third kappa shape index (κ3) is 2.37. The Balaban J connectivity index is 2.11. The second kappa shape index (κ2) is 4.86. The van der Waals surface area contributed by atoms with E-state index in [4.69, 9.17) is 17.0 Å². The maximum absolute atomic E-state index is 7.91. The van der Waals surface area contributed by atoms with Crippen molar-refractivity contribution in [3.05, 3.63) is 70.9 Å². The third-order valence-corrected chi connectivity index (χ3v) is 3.27. The first kappa shape index (κ1) is 11.9. The quantitative estimate of drug-likeness (QED) is 0.763. The second-order valence-corrected chi connectivity index (χ2v) is 4.79. The van der Waals surface area contributed by atoms with Crippen molar-refractivity contribution in [2.24, 2.45) is 0 Å². The normalized spacial score (nSPS) is 10.8. The van der Waals surface area contributed by atoms with Gasteiger partial charge < -0.3 is 4.57 Å². The van der Waals surface area contributed by atoms with E-state index in [0.717, 1.165) is 16.5 Å². The molecule has 0 atom stereocenters. The van der Waals surface area contributed by atoms with Crippen LogP contribution in [0.1, 0.15) is 5.56 Å². The number of rotatable bonds is 2. The molecule has 3 aromatic rings. The number of hydrogen-bond donors (Lipinski definition) is 1. The van der Waals surface area contributed by atoms with Gasteiger partial charge >= 0.3 is 0 Å². The Morgan fingerprint density at radius 2 is 1.95 bits per heavy atom. The summed E-state index contributed by atoms with van der Waals surface area (Å²) in [7, 11) is 0. The highest BCUT2D eigenvalue weighted by Gasteiger charge is 2.03. The molecule has 0 amide bonds. The highest BCUT2D eigenvalue weighted by molar-refractivity contribution is 6.30. The maximum atomic E-state index is 7.91. The molecule has 0 aliphatic heterocycles. The zero-order chi connectivity index (χ0) is 13.2. The van der Waals surface area contributed by atoms with E-state index < -0.39 is 0 Å². The monoisotopic (exact) mass is 269 g/mol. The fourth-order valence-corrected chi connectivity index (χ4v) is 2.31. The molecule has 1 N–H and O–H groups in total. The maximum Gasteiger partial charge on any atom is 0.125 e. The summed E-state index contributed by atoms with van der Waals surface area (Å²) < 4.78 is 1.81. The highest BCUT2D eigenvalue weighted by Crippen LogP contribution is 2.17. The predicted molar refractivity (Wildman–Crippen MR) is 76.1 cm³/mol. The molecular formula is C15H12ClN3.